The van der Waals surface area contributed by atoms with Gasteiger partial charge in [0.1, 0.15) is 17.2 Å². The van der Waals surface area contributed by atoms with Gasteiger partial charge in [0.05, 0.1) is 6.61 Å². The maximum Gasteiger partial charge on any atom is 0.410 e. The molecule has 0 bridgehead atoms. The molecule has 2 rings (SSSR count). The molecule has 1 saturated heterocycles. The van der Waals surface area contributed by atoms with E-state index in [1.807, 2.05) is 25.7 Å². The number of pyridine rings is 1. The number of nitrogens with zero attached hydrogens (tertiary/aromatic N) is 3. The smallest absolute Gasteiger partial charge is 0.410 e. The molecule has 24 heavy (non-hydrogen) atoms. The molecule has 2 heterocycles. The summed E-state index contributed by atoms with van der Waals surface area (Å²) in [5.41, 5.74) is -0.0734. The highest BCUT2D eigenvalue weighted by molar-refractivity contribution is 5.68. The standard InChI is InChI=1S/C18H25N3O3/c1-18(2,3)24-17(22)21-11-5-4-8-15(21)9-12-23-16-14(13-19)7-6-10-20-16/h6-7,10,15H,4-5,8-9,11-12H2,1-3H3/t15-/m1/s1. The molecule has 0 aromatic carbocycles. The lowest BCUT2D eigenvalue weighted by Gasteiger charge is -2.36. The lowest BCUT2D eigenvalue weighted by atomic mass is 10.0. The normalized spacial score (nSPS) is 17.9. The summed E-state index contributed by atoms with van der Waals surface area (Å²) in [7, 11) is 0. The molecule has 1 aliphatic heterocycles. The van der Waals surface area contributed by atoms with Crippen LogP contribution in [0.5, 0.6) is 5.88 Å². The first-order valence-electron chi connectivity index (χ1n) is 8.38. The largest absolute Gasteiger partial charge is 0.477 e. The highest BCUT2D eigenvalue weighted by Gasteiger charge is 2.30. The number of nitriles is 1. The average Bonchev–Trinajstić information content (AvgIpc) is 2.54. The van der Waals surface area contributed by atoms with E-state index >= 15 is 0 Å². The van der Waals surface area contributed by atoms with Crippen LogP contribution in [0.15, 0.2) is 18.3 Å². The van der Waals surface area contributed by atoms with E-state index in [4.69, 9.17) is 14.7 Å². The molecule has 130 valence electrons. The highest BCUT2D eigenvalue weighted by atomic mass is 16.6. The van der Waals surface area contributed by atoms with Crippen molar-refractivity contribution in [3.8, 4) is 11.9 Å². The molecule has 1 fully saturated rings. The number of rotatable bonds is 4. The van der Waals surface area contributed by atoms with E-state index in [-0.39, 0.29) is 12.1 Å². The van der Waals surface area contributed by atoms with Gasteiger partial charge in [-0.05, 0) is 52.2 Å². The number of carbonyl (C=O) groups excluding carboxylic acids is 1. The van der Waals surface area contributed by atoms with Gasteiger partial charge in [-0.25, -0.2) is 9.78 Å². The summed E-state index contributed by atoms with van der Waals surface area (Å²) in [6.07, 6.45) is 5.06. The fraction of sp³-hybridized carbons (Fsp3) is 0.611. The Morgan fingerprint density at radius 2 is 2.25 bits per heavy atom. The zero-order chi connectivity index (χ0) is 17.6. The number of carbonyl (C=O) groups is 1. The van der Waals surface area contributed by atoms with Crippen molar-refractivity contribution in [1.82, 2.24) is 9.88 Å². The zero-order valence-corrected chi connectivity index (χ0v) is 14.6. The second-order valence-electron chi connectivity index (χ2n) is 6.93. The van der Waals surface area contributed by atoms with Gasteiger partial charge in [-0.1, -0.05) is 0 Å². The summed E-state index contributed by atoms with van der Waals surface area (Å²) in [6, 6.07) is 5.55. The predicted molar refractivity (Wildman–Crippen MR) is 89.6 cm³/mol. The Balaban J connectivity index is 1.92. The maximum absolute atomic E-state index is 12.4. The molecule has 0 saturated carbocycles. The van der Waals surface area contributed by atoms with E-state index < -0.39 is 5.60 Å². The summed E-state index contributed by atoms with van der Waals surface area (Å²) in [5, 5.41) is 9.05. The lowest BCUT2D eigenvalue weighted by Crippen LogP contribution is -2.46. The minimum absolute atomic E-state index is 0.0999. The van der Waals surface area contributed by atoms with E-state index in [0.29, 0.717) is 31.0 Å². The Kier molecular flexibility index (Phi) is 6.02. The summed E-state index contributed by atoms with van der Waals surface area (Å²) >= 11 is 0. The molecule has 1 aromatic rings. The fourth-order valence-electron chi connectivity index (χ4n) is 2.74. The Hall–Kier alpha value is -2.29. The number of hydrogen-bond donors (Lipinski definition) is 0. The van der Waals surface area contributed by atoms with Gasteiger partial charge in [-0.2, -0.15) is 5.26 Å². The first-order valence-corrected chi connectivity index (χ1v) is 8.38. The van der Waals surface area contributed by atoms with Gasteiger partial charge in [0.2, 0.25) is 5.88 Å². The topological polar surface area (TPSA) is 75.4 Å². The van der Waals surface area contributed by atoms with Gasteiger partial charge in [-0.15, -0.1) is 0 Å². The molecule has 1 aliphatic rings. The van der Waals surface area contributed by atoms with E-state index in [0.717, 1.165) is 19.3 Å². The second-order valence-corrected chi connectivity index (χ2v) is 6.93. The first kappa shape index (κ1) is 18.1. The number of piperidine rings is 1. The number of likely N-dealkylation sites (tertiary alicyclic amines) is 1. The SMILES string of the molecule is CC(C)(C)OC(=O)N1CCCC[C@@H]1CCOc1ncccc1C#N. The summed E-state index contributed by atoms with van der Waals surface area (Å²) in [6.45, 7) is 6.74. The molecule has 1 aromatic heterocycles. The molecule has 0 aliphatic carbocycles. The molecule has 0 unspecified atom stereocenters. The second kappa shape index (κ2) is 8.00. The molecular formula is C18H25N3O3. The van der Waals surface area contributed by atoms with Gasteiger partial charge in [0, 0.05) is 25.2 Å². The van der Waals surface area contributed by atoms with Crippen molar-refractivity contribution in [3.05, 3.63) is 23.9 Å². The molecule has 6 nitrogen and oxygen atoms in total. The Morgan fingerprint density at radius 3 is 2.96 bits per heavy atom. The highest BCUT2D eigenvalue weighted by Crippen LogP contribution is 2.23. The Bertz CT molecular complexity index is 604. The van der Waals surface area contributed by atoms with Crippen LogP contribution in [0.1, 0.15) is 52.0 Å². The minimum Gasteiger partial charge on any atom is -0.477 e. The third kappa shape index (κ3) is 5.12. The van der Waals surface area contributed by atoms with Crippen molar-refractivity contribution in [2.24, 2.45) is 0 Å². The van der Waals surface area contributed by atoms with Crippen LogP contribution in [0.3, 0.4) is 0 Å². The minimum atomic E-state index is -0.495. The van der Waals surface area contributed by atoms with Crippen molar-refractivity contribution in [2.75, 3.05) is 13.2 Å². The third-order valence-electron chi connectivity index (χ3n) is 3.84. The number of aromatic nitrogens is 1. The van der Waals surface area contributed by atoms with Crippen LogP contribution < -0.4 is 4.74 Å². The quantitative estimate of drug-likeness (QED) is 0.844. The van der Waals surface area contributed by atoms with Crippen molar-refractivity contribution >= 4 is 6.09 Å². The molecular weight excluding hydrogens is 306 g/mol. The first-order chi connectivity index (χ1) is 11.4. The van der Waals surface area contributed by atoms with Gasteiger partial charge in [-0.3, -0.25) is 0 Å². The van der Waals surface area contributed by atoms with Crippen LogP contribution in [-0.2, 0) is 4.74 Å². The monoisotopic (exact) mass is 331 g/mol. The number of ether oxygens (including phenoxy) is 2. The number of hydrogen-bond acceptors (Lipinski definition) is 5. The van der Waals surface area contributed by atoms with E-state index in [1.165, 1.54) is 0 Å². The molecule has 1 atom stereocenters. The average molecular weight is 331 g/mol. The predicted octanol–water partition coefficient (Wildman–Crippen LogP) is 3.51. The zero-order valence-electron chi connectivity index (χ0n) is 14.6. The summed E-state index contributed by atoms with van der Waals surface area (Å²) in [4.78, 5) is 18.3. The molecule has 0 radical (unpaired) electrons. The van der Waals surface area contributed by atoms with Crippen LogP contribution in [0.4, 0.5) is 4.79 Å². The van der Waals surface area contributed by atoms with Crippen LogP contribution in [-0.4, -0.2) is 40.8 Å². The van der Waals surface area contributed by atoms with Crippen molar-refractivity contribution in [2.45, 2.75) is 58.1 Å². The molecule has 0 spiro atoms. The third-order valence-corrected chi connectivity index (χ3v) is 3.84. The van der Waals surface area contributed by atoms with Crippen LogP contribution in [0.25, 0.3) is 0 Å². The summed E-state index contributed by atoms with van der Waals surface area (Å²) < 4.78 is 11.1. The van der Waals surface area contributed by atoms with E-state index in [2.05, 4.69) is 11.1 Å². The van der Waals surface area contributed by atoms with Crippen LogP contribution in [0, 0.1) is 11.3 Å². The lowest BCUT2D eigenvalue weighted by molar-refractivity contribution is 0.00737. The Labute approximate surface area is 143 Å². The van der Waals surface area contributed by atoms with Crippen LogP contribution >= 0.6 is 0 Å². The van der Waals surface area contributed by atoms with Crippen LogP contribution in [0.2, 0.25) is 0 Å². The maximum atomic E-state index is 12.4. The number of amides is 1. The van der Waals surface area contributed by atoms with Gasteiger partial charge in [0.15, 0.2) is 0 Å². The molecule has 1 amide bonds. The van der Waals surface area contributed by atoms with Crippen molar-refractivity contribution in [1.29, 1.82) is 5.26 Å². The molecule has 0 N–H and O–H groups in total. The fourth-order valence-corrected chi connectivity index (χ4v) is 2.74. The molecule has 6 heteroatoms. The van der Waals surface area contributed by atoms with Crippen molar-refractivity contribution < 1.29 is 14.3 Å². The van der Waals surface area contributed by atoms with E-state index in [9.17, 15) is 4.79 Å². The van der Waals surface area contributed by atoms with Crippen molar-refractivity contribution in [3.63, 3.8) is 0 Å². The van der Waals surface area contributed by atoms with Gasteiger partial charge >= 0.3 is 6.09 Å². The van der Waals surface area contributed by atoms with E-state index in [1.54, 1.807) is 18.3 Å². The van der Waals surface area contributed by atoms with Gasteiger partial charge in [0.25, 0.3) is 0 Å². The summed E-state index contributed by atoms with van der Waals surface area (Å²) in [5.74, 6) is 0.347. The van der Waals surface area contributed by atoms with Gasteiger partial charge < -0.3 is 14.4 Å². The Morgan fingerprint density at radius 1 is 1.46 bits per heavy atom.